The molecule has 0 aliphatic carbocycles. The Morgan fingerprint density at radius 3 is 2.75 bits per heavy atom. The third-order valence-corrected chi connectivity index (χ3v) is 2.50. The monoisotopic (exact) mass is 222 g/mol. The highest BCUT2D eigenvalue weighted by molar-refractivity contribution is 5.90. The molecular formula is C12H14O4. The molecule has 1 fully saturated rings. The second kappa shape index (κ2) is 5.09. The lowest BCUT2D eigenvalue weighted by Crippen LogP contribution is -2.14. The summed E-state index contributed by atoms with van der Waals surface area (Å²) in [7, 11) is 1.38. The lowest BCUT2D eigenvalue weighted by Gasteiger charge is -2.11. The van der Waals surface area contributed by atoms with Gasteiger partial charge in [0.1, 0.15) is 0 Å². The van der Waals surface area contributed by atoms with E-state index in [1.54, 1.807) is 6.07 Å². The van der Waals surface area contributed by atoms with Crippen LogP contribution in [-0.2, 0) is 20.6 Å². The maximum absolute atomic E-state index is 11.5. The van der Waals surface area contributed by atoms with Crippen molar-refractivity contribution in [1.82, 2.24) is 0 Å². The van der Waals surface area contributed by atoms with Gasteiger partial charge in [-0.3, -0.25) is 0 Å². The summed E-state index contributed by atoms with van der Waals surface area (Å²) in [6.07, 6.45) is 0.330. The highest BCUT2D eigenvalue weighted by atomic mass is 16.7. The maximum Gasteiger partial charge on any atom is 0.338 e. The largest absolute Gasteiger partial charge is 0.465 e. The topological polar surface area (TPSA) is 44.8 Å². The van der Waals surface area contributed by atoms with Crippen molar-refractivity contribution < 1.29 is 19.0 Å². The minimum absolute atomic E-state index is 0.245. The summed E-state index contributed by atoms with van der Waals surface area (Å²) in [5, 5.41) is 0. The van der Waals surface area contributed by atoms with E-state index in [-0.39, 0.29) is 12.3 Å². The van der Waals surface area contributed by atoms with Crippen LogP contribution >= 0.6 is 0 Å². The van der Waals surface area contributed by atoms with Gasteiger partial charge in [0, 0.05) is 6.42 Å². The van der Waals surface area contributed by atoms with E-state index in [0.29, 0.717) is 25.2 Å². The van der Waals surface area contributed by atoms with E-state index < -0.39 is 0 Å². The van der Waals surface area contributed by atoms with Crippen LogP contribution in [0.1, 0.15) is 15.9 Å². The summed E-state index contributed by atoms with van der Waals surface area (Å²) in [6, 6.07) is 7.33. The van der Waals surface area contributed by atoms with E-state index in [0.717, 1.165) is 5.56 Å². The summed E-state index contributed by atoms with van der Waals surface area (Å²) in [4.78, 5) is 11.5. The Balaban J connectivity index is 2.15. The third-order valence-electron chi connectivity index (χ3n) is 2.50. The molecule has 1 aliphatic heterocycles. The Bertz CT molecular complexity index is 369. The minimum atomic E-state index is -0.325. The number of benzene rings is 1. The van der Waals surface area contributed by atoms with Gasteiger partial charge >= 0.3 is 5.97 Å². The van der Waals surface area contributed by atoms with Gasteiger partial charge in [-0.15, -0.1) is 0 Å². The Kier molecular flexibility index (Phi) is 3.54. The summed E-state index contributed by atoms with van der Waals surface area (Å²) < 4.78 is 15.4. The molecule has 1 aromatic rings. The van der Waals surface area contributed by atoms with E-state index in [1.807, 2.05) is 18.2 Å². The lowest BCUT2D eigenvalue weighted by atomic mass is 10.0. The van der Waals surface area contributed by atoms with Crippen LogP contribution in [0.4, 0.5) is 0 Å². The predicted molar refractivity (Wildman–Crippen MR) is 57.2 cm³/mol. The molecule has 16 heavy (non-hydrogen) atoms. The summed E-state index contributed by atoms with van der Waals surface area (Å²) in [6.45, 7) is 1.23. The van der Waals surface area contributed by atoms with Crippen LogP contribution in [0.5, 0.6) is 0 Å². The summed E-state index contributed by atoms with van der Waals surface area (Å²) in [5.74, 6) is -0.325. The number of ether oxygens (including phenoxy) is 3. The van der Waals surface area contributed by atoms with Crippen molar-refractivity contribution in [2.24, 2.45) is 0 Å². The Hall–Kier alpha value is -1.39. The fraction of sp³-hybridized carbons (Fsp3) is 0.417. The molecular weight excluding hydrogens is 208 g/mol. The molecule has 0 bridgehead atoms. The van der Waals surface area contributed by atoms with E-state index in [1.165, 1.54) is 7.11 Å². The molecule has 0 saturated carbocycles. The fourth-order valence-electron chi connectivity index (χ4n) is 1.71. The second-order valence-corrected chi connectivity index (χ2v) is 3.52. The molecule has 86 valence electrons. The van der Waals surface area contributed by atoms with Crippen LogP contribution in [0, 0.1) is 0 Å². The van der Waals surface area contributed by atoms with Crippen LogP contribution in [0.15, 0.2) is 24.3 Å². The molecule has 1 heterocycles. The van der Waals surface area contributed by atoms with Crippen molar-refractivity contribution in [3.05, 3.63) is 35.4 Å². The average molecular weight is 222 g/mol. The zero-order valence-electron chi connectivity index (χ0n) is 9.14. The van der Waals surface area contributed by atoms with Gasteiger partial charge in [0.2, 0.25) is 0 Å². The van der Waals surface area contributed by atoms with Crippen molar-refractivity contribution in [3.8, 4) is 0 Å². The second-order valence-electron chi connectivity index (χ2n) is 3.52. The van der Waals surface area contributed by atoms with Gasteiger partial charge in [-0.2, -0.15) is 0 Å². The SMILES string of the molecule is COC(=O)c1ccccc1CC1OCCO1. The first-order valence-electron chi connectivity index (χ1n) is 5.20. The molecule has 0 amide bonds. The summed E-state index contributed by atoms with van der Waals surface area (Å²) in [5.41, 5.74) is 1.46. The average Bonchev–Trinajstić information content (AvgIpc) is 2.82. The third kappa shape index (κ3) is 2.40. The minimum Gasteiger partial charge on any atom is -0.465 e. The molecule has 4 heteroatoms. The van der Waals surface area contributed by atoms with Crippen LogP contribution in [0.25, 0.3) is 0 Å². The molecule has 1 aromatic carbocycles. The maximum atomic E-state index is 11.5. The molecule has 0 N–H and O–H groups in total. The first-order chi connectivity index (χ1) is 7.81. The number of carbonyl (C=O) groups is 1. The van der Waals surface area contributed by atoms with Gasteiger partial charge in [-0.25, -0.2) is 4.79 Å². The van der Waals surface area contributed by atoms with Crippen LogP contribution in [-0.4, -0.2) is 32.6 Å². The number of methoxy groups -OCH3 is 1. The van der Waals surface area contributed by atoms with E-state index in [2.05, 4.69) is 0 Å². The molecule has 2 rings (SSSR count). The van der Waals surface area contributed by atoms with Crippen molar-refractivity contribution in [2.75, 3.05) is 20.3 Å². The first kappa shape index (κ1) is 11.1. The fourth-order valence-corrected chi connectivity index (χ4v) is 1.71. The molecule has 0 aromatic heterocycles. The van der Waals surface area contributed by atoms with Gasteiger partial charge in [0.15, 0.2) is 6.29 Å². The van der Waals surface area contributed by atoms with E-state index >= 15 is 0 Å². The van der Waals surface area contributed by atoms with Gasteiger partial charge in [0.05, 0.1) is 25.9 Å². The number of esters is 1. The number of carbonyl (C=O) groups excluding carboxylic acids is 1. The Labute approximate surface area is 94.1 Å². The van der Waals surface area contributed by atoms with Crippen LogP contribution < -0.4 is 0 Å². The van der Waals surface area contributed by atoms with Gasteiger partial charge in [-0.1, -0.05) is 18.2 Å². The highest BCUT2D eigenvalue weighted by Crippen LogP contribution is 2.16. The van der Waals surface area contributed by atoms with Crippen molar-refractivity contribution in [2.45, 2.75) is 12.7 Å². The zero-order chi connectivity index (χ0) is 11.4. The highest BCUT2D eigenvalue weighted by Gasteiger charge is 2.19. The van der Waals surface area contributed by atoms with Gasteiger partial charge in [-0.05, 0) is 11.6 Å². The molecule has 1 aliphatic rings. The lowest BCUT2D eigenvalue weighted by molar-refractivity contribution is -0.0401. The Morgan fingerprint density at radius 2 is 2.06 bits per heavy atom. The molecule has 0 unspecified atom stereocenters. The number of rotatable bonds is 3. The van der Waals surface area contributed by atoms with Gasteiger partial charge < -0.3 is 14.2 Å². The normalized spacial score (nSPS) is 16.3. The quantitative estimate of drug-likeness (QED) is 0.725. The van der Waals surface area contributed by atoms with E-state index in [9.17, 15) is 4.79 Å². The Morgan fingerprint density at radius 1 is 1.38 bits per heavy atom. The first-order valence-corrected chi connectivity index (χ1v) is 5.20. The molecule has 0 spiro atoms. The number of hydrogen-bond acceptors (Lipinski definition) is 4. The van der Waals surface area contributed by atoms with Crippen molar-refractivity contribution in [3.63, 3.8) is 0 Å². The molecule has 1 saturated heterocycles. The van der Waals surface area contributed by atoms with Gasteiger partial charge in [0.25, 0.3) is 0 Å². The molecule has 0 radical (unpaired) electrons. The summed E-state index contributed by atoms with van der Waals surface area (Å²) >= 11 is 0. The molecule has 0 atom stereocenters. The van der Waals surface area contributed by atoms with Crippen LogP contribution in [0.2, 0.25) is 0 Å². The van der Waals surface area contributed by atoms with Crippen LogP contribution in [0.3, 0.4) is 0 Å². The van der Waals surface area contributed by atoms with Crippen molar-refractivity contribution >= 4 is 5.97 Å². The predicted octanol–water partition coefficient (Wildman–Crippen LogP) is 1.39. The molecule has 4 nitrogen and oxygen atoms in total. The van der Waals surface area contributed by atoms with Crippen molar-refractivity contribution in [1.29, 1.82) is 0 Å². The standard InChI is InChI=1S/C12H14O4/c1-14-12(13)10-5-3-2-4-9(10)8-11-15-6-7-16-11/h2-5,11H,6-8H2,1H3. The smallest absolute Gasteiger partial charge is 0.338 e. The number of hydrogen-bond donors (Lipinski definition) is 0. The zero-order valence-corrected chi connectivity index (χ0v) is 9.14. The van der Waals surface area contributed by atoms with E-state index in [4.69, 9.17) is 14.2 Å².